The van der Waals surface area contributed by atoms with Crippen molar-refractivity contribution in [3.8, 4) is 16.9 Å². The van der Waals surface area contributed by atoms with Gasteiger partial charge in [0.1, 0.15) is 5.75 Å². The third-order valence-electron chi connectivity index (χ3n) is 4.41. The van der Waals surface area contributed by atoms with Gasteiger partial charge in [-0.05, 0) is 62.4 Å². The zero-order valence-corrected chi connectivity index (χ0v) is 16.0. The van der Waals surface area contributed by atoms with E-state index in [9.17, 15) is 5.11 Å². The van der Waals surface area contributed by atoms with Gasteiger partial charge in [0.15, 0.2) is 0 Å². The van der Waals surface area contributed by atoms with Crippen molar-refractivity contribution in [2.45, 2.75) is 58.5 Å². The van der Waals surface area contributed by atoms with E-state index in [4.69, 9.17) is 4.74 Å². The topological polar surface area (TPSA) is 42.4 Å². The standard InChI is InChI=1S/C23H31NO2/c1-3-4-8-17-26-19(2)9-6-5-7-10-22-14-11-21(18-24-22)20-12-15-23(25)16-13-20/h7,10-16,18-19,25H,3-6,8-9,17H2,1-2H3. The predicted molar refractivity (Wildman–Crippen MR) is 109 cm³/mol. The Bertz CT molecular complexity index is 647. The molecule has 3 nitrogen and oxygen atoms in total. The average Bonchev–Trinajstić information content (AvgIpc) is 2.66. The molecule has 0 aliphatic heterocycles. The van der Waals surface area contributed by atoms with Crippen LogP contribution in [0.4, 0.5) is 0 Å². The van der Waals surface area contributed by atoms with Crippen LogP contribution in [0.15, 0.2) is 48.7 Å². The maximum absolute atomic E-state index is 9.35. The third kappa shape index (κ3) is 7.40. The van der Waals surface area contributed by atoms with E-state index in [-0.39, 0.29) is 5.75 Å². The van der Waals surface area contributed by atoms with E-state index < -0.39 is 0 Å². The predicted octanol–water partition coefficient (Wildman–Crippen LogP) is 6.23. The fourth-order valence-electron chi connectivity index (χ4n) is 2.78. The summed E-state index contributed by atoms with van der Waals surface area (Å²) < 4.78 is 5.82. The van der Waals surface area contributed by atoms with Crippen molar-refractivity contribution in [3.63, 3.8) is 0 Å². The molecule has 1 heterocycles. The summed E-state index contributed by atoms with van der Waals surface area (Å²) in [5.41, 5.74) is 3.08. The molecule has 1 aromatic heterocycles. The van der Waals surface area contributed by atoms with E-state index in [2.05, 4.69) is 37.0 Å². The fourth-order valence-corrected chi connectivity index (χ4v) is 2.78. The zero-order valence-electron chi connectivity index (χ0n) is 16.0. The van der Waals surface area contributed by atoms with E-state index in [1.54, 1.807) is 12.1 Å². The SMILES string of the molecule is CCCCCOC(C)CCCC=Cc1ccc(-c2ccc(O)cc2)cn1. The van der Waals surface area contributed by atoms with Crippen LogP contribution < -0.4 is 0 Å². The normalized spacial score (nSPS) is 12.5. The van der Waals surface area contributed by atoms with Gasteiger partial charge in [-0.25, -0.2) is 0 Å². The first kappa shape index (κ1) is 20.2. The van der Waals surface area contributed by atoms with Gasteiger partial charge < -0.3 is 9.84 Å². The van der Waals surface area contributed by atoms with Crippen molar-refractivity contribution >= 4 is 6.08 Å². The Hall–Kier alpha value is -2.13. The van der Waals surface area contributed by atoms with Crippen LogP contribution in [0.3, 0.4) is 0 Å². The molecule has 26 heavy (non-hydrogen) atoms. The second-order valence-electron chi connectivity index (χ2n) is 6.74. The number of nitrogens with zero attached hydrogens (tertiary/aromatic N) is 1. The van der Waals surface area contributed by atoms with E-state index in [0.717, 1.165) is 42.7 Å². The molecule has 0 bridgehead atoms. The molecule has 0 fully saturated rings. The second kappa shape index (κ2) is 11.5. The van der Waals surface area contributed by atoms with Gasteiger partial charge in [0.05, 0.1) is 11.8 Å². The summed E-state index contributed by atoms with van der Waals surface area (Å²) in [6, 6.07) is 11.3. The van der Waals surface area contributed by atoms with E-state index in [1.807, 2.05) is 24.4 Å². The highest BCUT2D eigenvalue weighted by molar-refractivity contribution is 5.64. The monoisotopic (exact) mass is 353 g/mol. The average molecular weight is 354 g/mol. The van der Waals surface area contributed by atoms with Gasteiger partial charge in [-0.15, -0.1) is 0 Å². The largest absolute Gasteiger partial charge is 0.508 e. The lowest BCUT2D eigenvalue weighted by Gasteiger charge is -2.11. The Balaban J connectivity index is 1.69. The first-order valence-electron chi connectivity index (χ1n) is 9.72. The van der Waals surface area contributed by atoms with Crippen LogP contribution >= 0.6 is 0 Å². The van der Waals surface area contributed by atoms with Crippen molar-refractivity contribution in [2.75, 3.05) is 6.61 Å². The molecule has 2 rings (SSSR count). The van der Waals surface area contributed by atoms with Crippen molar-refractivity contribution in [1.82, 2.24) is 4.98 Å². The number of benzene rings is 1. The van der Waals surface area contributed by atoms with Crippen LogP contribution in [-0.2, 0) is 4.74 Å². The first-order chi connectivity index (χ1) is 12.7. The highest BCUT2D eigenvalue weighted by Gasteiger charge is 2.01. The summed E-state index contributed by atoms with van der Waals surface area (Å²) in [7, 11) is 0. The van der Waals surface area contributed by atoms with Crippen molar-refractivity contribution in [2.24, 2.45) is 0 Å². The van der Waals surface area contributed by atoms with Gasteiger partial charge in [0.25, 0.3) is 0 Å². The maximum Gasteiger partial charge on any atom is 0.115 e. The number of hydrogen-bond acceptors (Lipinski definition) is 3. The second-order valence-corrected chi connectivity index (χ2v) is 6.74. The smallest absolute Gasteiger partial charge is 0.115 e. The van der Waals surface area contributed by atoms with E-state index >= 15 is 0 Å². The van der Waals surface area contributed by atoms with Gasteiger partial charge in [0.2, 0.25) is 0 Å². The van der Waals surface area contributed by atoms with Crippen LogP contribution in [0.5, 0.6) is 5.75 Å². The summed E-state index contributed by atoms with van der Waals surface area (Å²) in [4.78, 5) is 4.49. The Labute approximate surface area is 157 Å². The van der Waals surface area contributed by atoms with Crippen molar-refractivity contribution < 1.29 is 9.84 Å². The fraction of sp³-hybridized carbons (Fsp3) is 0.435. The van der Waals surface area contributed by atoms with Crippen LogP contribution in [0.1, 0.15) is 58.1 Å². The highest BCUT2D eigenvalue weighted by Crippen LogP contribution is 2.21. The van der Waals surface area contributed by atoms with Gasteiger partial charge in [-0.3, -0.25) is 4.98 Å². The molecule has 0 radical (unpaired) electrons. The Kier molecular flexibility index (Phi) is 8.91. The number of allylic oxidation sites excluding steroid dienone is 1. The minimum Gasteiger partial charge on any atom is -0.508 e. The lowest BCUT2D eigenvalue weighted by atomic mass is 10.1. The number of pyridine rings is 1. The zero-order chi connectivity index (χ0) is 18.6. The molecular weight excluding hydrogens is 322 g/mol. The molecule has 2 aromatic rings. The molecule has 0 saturated carbocycles. The number of aromatic hydroxyl groups is 1. The third-order valence-corrected chi connectivity index (χ3v) is 4.41. The van der Waals surface area contributed by atoms with Gasteiger partial charge in [-0.1, -0.05) is 44.0 Å². The summed E-state index contributed by atoms with van der Waals surface area (Å²) >= 11 is 0. The highest BCUT2D eigenvalue weighted by atomic mass is 16.5. The Morgan fingerprint density at radius 2 is 1.81 bits per heavy atom. The van der Waals surface area contributed by atoms with Crippen LogP contribution in [0.25, 0.3) is 17.2 Å². The number of phenols is 1. The molecule has 1 N–H and O–H groups in total. The number of aromatic nitrogens is 1. The lowest BCUT2D eigenvalue weighted by molar-refractivity contribution is 0.0566. The number of hydrogen-bond donors (Lipinski definition) is 1. The quantitative estimate of drug-likeness (QED) is 0.487. The van der Waals surface area contributed by atoms with Crippen molar-refractivity contribution in [1.29, 1.82) is 0 Å². The van der Waals surface area contributed by atoms with Gasteiger partial charge in [0, 0.05) is 18.4 Å². The molecule has 0 amide bonds. The van der Waals surface area contributed by atoms with Crippen LogP contribution in [-0.4, -0.2) is 22.8 Å². The molecule has 0 saturated heterocycles. The van der Waals surface area contributed by atoms with E-state index in [0.29, 0.717) is 6.10 Å². The summed E-state index contributed by atoms with van der Waals surface area (Å²) in [6.07, 6.45) is 13.4. The minimum atomic E-state index is 0.280. The summed E-state index contributed by atoms with van der Waals surface area (Å²) in [6.45, 7) is 5.27. The molecular formula is C23H31NO2. The molecule has 0 aliphatic rings. The summed E-state index contributed by atoms with van der Waals surface area (Å²) in [5, 5.41) is 9.35. The molecule has 0 aliphatic carbocycles. The number of phenolic OH excluding ortho intramolecular Hbond substituents is 1. The molecule has 0 spiro atoms. The van der Waals surface area contributed by atoms with Gasteiger partial charge in [-0.2, -0.15) is 0 Å². The Morgan fingerprint density at radius 1 is 1.04 bits per heavy atom. The Morgan fingerprint density at radius 3 is 2.50 bits per heavy atom. The number of rotatable bonds is 11. The van der Waals surface area contributed by atoms with Crippen molar-refractivity contribution in [3.05, 3.63) is 54.4 Å². The first-order valence-corrected chi connectivity index (χ1v) is 9.72. The molecule has 1 atom stereocenters. The molecule has 1 aromatic carbocycles. The molecule has 3 heteroatoms. The lowest BCUT2D eigenvalue weighted by Crippen LogP contribution is -2.08. The van der Waals surface area contributed by atoms with E-state index in [1.165, 1.54) is 19.3 Å². The number of ether oxygens (including phenoxy) is 1. The van der Waals surface area contributed by atoms with Gasteiger partial charge >= 0.3 is 0 Å². The maximum atomic E-state index is 9.35. The number of unbranched alkanes of at least 4 members (excludes halogenated alkanes) is 3. The molecule has 140 valence electrons. The molecule has 1 unspecified atom stereocenters. The summed E-state index contributed by atoms with van der Waals surface area (Å²) in [5.74, 6) is 0.280. The minimum absolute atomic E-state index is 0.280. The van der Waals surface area contributed by atoms with Crippen LogP contribution in [0, 0.1) is 0 Å². The van der Waals surface area contributed by atoms with Crippen LogP contribution in [0.2, 0.25) is 0 Å².